The van der Waals surface area contributed by atoms with Gasteiger partial charge in [0.15, 0.2) is 5.82 Å². The lowest BCUT2D eigenvalue weighted by Crippen LogP contribution is -2.19. The molecule has 0 bridgehead atoms. The smallest absolute Gasteiger partial charge is 0.234 e. The summed E-state index contributed by atoms with van der Waals surface area (Å²) in [7, 11) is 0. The number of aryl methyl sites for hydroxylation is 1. The highest BCUT2D eigenvalue weighted by atomic mass is 79.9. The van der Waals surface area contributed by atoms with Crippen LogP contribution in [0.4, 0.5) is 5.69 Å². The van der Waals surface area contributed by atoms with Gasteiger partial charge in [-0.05, 0) is 53.4 Å². The molecule has 1 fully saturated rings. The van der Waals surface area contributed by atoms with Crippen LogP contribution in [-0.4, -0.2) is 26.5 Å². The zero-order valence-corrected chi connectivity index (χ0v) is 16.6. The molecule has 0 unspecified atom stereocenters. The van der Waals surface area contributed by atoms with Crippen molar-refractivity contribution in [2.24, 2.45) is 0 Å². The Balaban J connectivity index is 1.58. The molecule has 1 aliphatic carbocycles. The fourth-order valence-electron chi connectivity index (χ4n) is 3.06. The van der Waals surface area contributed by atoms with Crippen molar-refractivity contribution < 1.29 is 4.79 Å². The number of aromatic nitrogens is 3. The normalized spacial score (nSPS) is 15.3. The van der Waals surface area contributed by atoms with Crippen molar-refractivity contribution in [2.45, 2.75) is 50.1 Å². The van der Waals surface area contributed by atoms with E-state index in [9.17, 15) is 4.79 Å². The number of anilines is 1. The number of carbonyl (C=O) groups excluding carboxylic acids is 1. The van der Waals surface area contributed by atoms with Crippen molar-refractivity contribution in [1.29, 1.82) is 0 Å². The van der Waals surface area contributed by atoms with Gasteiger partial charge in [0.2, 0.25) is 11.1 Å². The third kappa shape index (κ3) is 4.55. The van der Waals surface area contributed by atoms with Gasteiger partial charge in [-0.2, -0.15) is 0 Å². The maximum Gasteiger partial charge on any atom is 0.234 e. The van der Waals surface area contributed by atoms with E-state index in [-0.39, 0.29) is 11.7 Å². The lowest BCUT2D eigenvalue weighted by atomic mass is 9.89. The predicted molar refractivity (Wildman–Crippen MR) is 104 cm³/mol. The second kappa shape index (κ2) is 8.23. The molecule has 1 aliphatic rings. The standard InChI is InChI=1S/C17H22BrN5OS/c1-11-7-8-14(13(18)9-11)20-15(24)10-25-17-22-21-16(23(17)19)12-5-3-2-4-6-12/h7-9,12H,2-6,10,19H2,1H3,(H,20,24). The van der Waals surface area contributed by atoms with Gasteiger partial charge in [-0.1, -0.05) is 37.1 Å². The minimum absolute atomic E-state index is 0.100. The van der Waals surface area contributed by atoms with Crippen LogP contribution in [0.15, 0.2) is 27.8 Å². The Bertz CT molecular complexity index is 757. The third-order valence-corrected chi connectivity index (χ3v) is 5.99. The summed E-state index contributed by atoms with van der Waals surface area (Å²) in [5.74, 6) is 7.51. The first kappa shape index (κ1) is 18.3. The molecule has 3 rings (SSSR count). The molecule has 1 aromatic heterocycles. The molecular weight excluding hydrogens is 402 g/mol. The number of hydrogen-bond donors (Lipinski definition) is 2. The lowest BCUT2D eigenvalue weighted by molar-refractivity contribution is -0.113. The SMILES string of the molecule is Cc1ccc(NC(=O)CSc2nnc(C3CCCCC3)n2N)c(Br)c1. The number of carbonyl (C=O) groups is 1. The molecule has 1 amide bonds. The Hall–Kier alpha value is -1.54. The quantitative estimate of drug-likeness (QED) is 0.563. The van der Waals surface area contributed by atoms with Crippen LogP contribution in [0, 0.1) is 6.92 Å². The van der Waals surface area contributed by atoms with Gasteiger partial charge in [0.05, 0.1) is 11.4 Å². The Morgan fingerprint density at radius 2 is 2.12 bits per heavy atom. The van der Waals surface area contributed by atoms with Gasteiger partial charge in [0.25, 0.3) is 0 Å². The molecular formula is C17H22BrN5OS. The largest absolute Gasteiger partial charge is 0.336 e. The van der Waals surface area contributed by atoms with E-state index in [0.29, 0.717) is 11.1 Å². The number of thioether (sulfide) groups is 1. The van der Waals surface area contributed by atoms with Crippen molar-refractivity contribution in [3.8, 4) is 0 Å². The minimum Gasteiger partial charge on any atom is -0.336 e. The second-order valence-electron chi connectivity index (χ2n) is 6.37. The van der Waals surface area contributed by atoms with Gasteiger partial charge in [0.1, 0.15) is 0 Å². The minimum atomic E-state index is -0.100. The van der Waals surface area contributed by atoms with Crippen LogP contribution < -0.4 is 11.2 Å². The van der Waals surface area contributed by atoms with Crippen molar-refractivity contribution in [3.05, 3.63) is 34.1 Å². The molecule has 0 spiro atoms. The Kier molecular flexibility index (Phi) is 6.01. The summed E-state index contributed by atoms with van der Waals surface area (Å²) in [6.07, 6.45) is 5.94. The van der Waals surface area contributed by atoms with Crippen LogP contribution in [0.25, 0.3) is 0 Å². The fraction of sp³-hybridized carbons (Fsp3) is 0.471. The van der Waals surface area contributed by atoms with E-state index >= 15 is 0 Å². The van der Waals surface area contributed by atoms with Crippen molar-refractivity contribution in [3.63, 3.8) is 0 Å². The van der Waals surface area contributed by atoms with Crippen LogP contribution in [0.3, 0.4) is 0 Å². The molecule has 1 saturated carbocycles. The summed E-state index contributed by atoms with van der Waals surface area (Å²) < 4.78 is 2.42. The number of nitrogen functional groups attached to an aromatic ring is 1. The molecule has 1 heterocycles. The number of rotatable bonds is 5. The summed E-state index contributed by atoms with van der Waals surface area (Å²) >= 11 is 4.77. The summed E-state index contributed by atoms with van der Waals surface area (Å²) in [5, 5.41) is 11.9. The van der Waals surface area contributed by atoms with Gasteiger partial charge in [-0.15, -0.1) is 10.2 Å². The number of nitrogens with two attached hydrogens (primary N) is 1. The first-order valence-corrected chi connectivity index (χ1v) is 10.2. The number of amides is 1. The topological polar surface area (TPSA) is 85.8 Å². The van der Waals surface area contributed by atoms with Gasteiger partial charge < -0.3 is 11.2 Å². The first-order chi connectivity index (χ1) is 12.0. The number of halogens is 1. The van der Waals surface area contributed by atoms with E-state index in [1.807, 2.05) is 25.1 Å². The van der Waals surface area contributed by atoms with E-state index in [0.717, 1.165) is 34.4 Å². The highest BCUT2D eigenvalue weighted by Gasteiger charge is 2.22. The summed E-state index contributed by atoms with van der Waals surface area (Å²) in [6, 6.07) is 5.81. The van der Waals surface area contributed by atoms with Crippen molar-refractivity contribution in [1.82, 2.24) is 14.9 Å². The Morgan fingerprint density at radius 1 is 1.36 bits per heavy atom. The van der Waals surface area contributed by atoms with Crippen LogP contribution >= 0.6 is 27.7 Å². The van der Waals surface area contributed by atoms with Crippen LogP contribution in [0.1, 0.15) is 49.4 Å². The lowest BCUT2D eigenvalue weighted by Gasteiger charge is -2.20. The number of nitrogens with zero attached hydrogens (tertiary/aromatic N) is 3. The maximum absolute atomic E-state index is 12.2. The fourth-order valence-corrected chi connectivity index (χ4v) is 4.32. The highest BCUT2D eigenvalue weighted by molar-refractivity contribution is 9.10. The van der Waals surface area contributed by atoms with Gasteiger partial charge in [0, 0.05) is 10.4 Å². The number of nitrogens with one attached hydrogen (secondary N) is 1. The summed E-state index contributed by atoms with van der Waals surface area (Å²) in [4.78, 5) is 12.2. The summed E-state index contributed by atoms with van der Waals surface area (Å²) in [6.45, 7) is 2.00. The molecule has 8 heteroatoms. The zero-order chi connectivity index (χ0) is 17.8. The molecule has 2 aromatic rings. The predicted octanol–water partition coefficient (Wildman–Crippen LogP) is 3.84. The molecule has 3 N–H and O–H groups in total. The van der Waals surface area contributed by atoms with Gasteiger partial charge in [-0.25, -0.2) is 4.68 Å². The Labute approximate surface area is 160 Å². The number of benzene rings is 1. The van der Waals surface area contributed by atoms with Crippen LogP contribution in [0.5, 0.6) is 0 Å². The maximum atomic E-state index is 12.2. The number of hydrogen-bond acceptors (Lipinski definition) is 5. The van der Waals surface area contributed by atoms with Crippen molar-refractivity contribution in [2.75, 3.05) is 16.9 Å². The summed E-state index contributed by atoms with van der Waals surface area (Å²) in [5.41, 5.74) is 1.89. The molecule has 6 nitrogen and oxygen atoms in total. The molecule has 0 radical (unpaired) electrons. The molecule has 134 valence electrons. The Morgan fingerprint density at radius 3 is 2.84 bits per heavy atom. The zero-order valence-electron chi connectivity index (χ0n) is 14.2. The van der Waals surface area contributed by atoms with Gasteiger partial charge in [-0.3, -0.25) is 4.79 Å². The monoisotopic (exact) mass is 423 g/mol. The average Bonchev–Trinajstić information content (AvgIpc) is 2.97. The van der Waals surface area contributed by atoms with Gasteiger partial charge >= 0.3 is 0 Å². The van der Waals surface area contributed by atoms with Crippen LogP contribution in [-0.2, 0) is 4.79 Å². The molecule has 0 atom stereocenters. The molecule has 1 aromatic carbocycles. The molecule has 0 aliphatic heterocycles. The van der Waals surface area contributed by atoms with Crippen LogP contribution in [0.2, 0.25) is 0 Å². The third-order valence-electron chi connectivity index (χ3n) is 4.39. The van der Waals surface area contributed by atoms with E-state index < -0.39 is 0 Å². The first-order valence-electron chi connectivity index (χ1n) is 8.44. The molecule has 25 heavy (non-hydrogen) atoms. The van der Waals surface area contributed by atoms with E-state index in [2.05, 4.69) is 31.4 Å². The average molecular weight is 424 g/mol. The van der Waals surface area contributed by atoms with E-state index in [4.69, 9.17) is 5.84 Å². The highest BCUT2D eigenvalue weighted by Crippen LogP contribution is 2.32. The van der Waals surface area contributed by atoms with Crippen molar-refractivity contribution >= 4 is 39.3 Å². The van der Waals surface area contributed by atoms with E-state index in [1.54, 1.807) is 4.68 Å². The second-order valence-corrected chi connectivity index (χ2v) is 8.16. The molecule has 0 saturated heterocycles. The van der Waals surface area contributed by atoms with E-state index in [1.165, 1.54) is 31.0 Å².